The minimum Gasteiger partial charge on any atom is -0.486 e. The number of aliphatic hydroxyl groups excluding tert-OH is 1. The number of carbonyl (C=O) groups is 1. The smallest absolute Gasteiger partial charge is 0.407 e. The zero-order valence-corrected chi connectivity index (χ0v) is 10.9. The number of piperidine rings is 1. The predicted molar refractivity (Wildman–Crippen MR) is 68.7 cm³/mol. The SMILES string of the molecule is O=C(O)N1CCC(COc2coc(CO)cc2=O)CC1. The van der Waals surface area contributed by atoms with Gasteiger partial charge in [0.2, 0.25) is 11.2 Å². The van der Waals surface area contributed by atoms with Gasteiger partial charge in [-0.05, 0) is 18.8 Å². The van der Waals surface area contributed by atoms with Crippen molar-refractivity contribution in [3.05, 3.63) is 28.3 Å². The van der Waals surface area contributed by atoms with Crippen LogP contribution in [-0.2, 0) is 6.61 Å². The lowest BCUT2D eigenvalue weighted by molar-refractivity contribution is 0.111. The molecule has 0 unspecified atom stereocenters. The van der Waals surface area contributed by atoms with E-state index in [0.717, 1.165) is 0 Å². The molecule has 1 aliphatic heterocycles. The Kier molecular flexibility index (Phi) is 4.62. The van der Waals surface area contributed by atoms with E-state index in [0.29, 0.717) is 32.5 Å². The molecule has 0 spiro atoms. The zero-order valence-electron chi connectivity index (χ0n) is 10.9. The molecule has 0 saturated carbocycles. The molecule has 0 aromatic carbocycles. The van der Waals surface area contributed by atoms with Crippen LogP contribution in [-0.4, -0.2) is 40.9 Å². The van der Waals surface area contributed by atoms with Gasteiger partial charge in [-0.15, -0.1) is 0 Å². The Morgan fingerprint density at radius 1 is 1.45 bits per heavy atom. The van der Waals surface area contributed by atoms with Crippen LogP contribution in [0.25, 0.3) is 0 Å². The molecule has 0 aliphatic carbocycles. The van der Waals surface area contributed by atoms with E-state index in [1.165, 1.54) is 17.2 Å². The Morgan fingerprint density at radius 2 is 2.15 bits per heavy atom. The van der Waals surface area contributed by atoms with Crippen LogP contribution in [0.4, 0.5) is 4.79 Å². The summed E-state index contributed by atoms with van der Waals surface area (Å²) < 4.78 is 10.4. The summed E-state index contributed by atoms with van der Waals surface area (Å²) in [6.07, 6.45) is 1.73. The molecular formula is C13H17NO6. The van der Waals surface area contributed by atoms with Gasteiger partial charge in [0.05, 0.1) is 6.61 Å². The molecule has 1 aromatic heterocycles. The topological polar surface area (TPSA) is 100 Å². The lowest BCUT2D eigenvalue weighted by atomic mass is 9.98. The highest BCUT2D eigenvalue weighted by atomic mass is 16.5. The molecule has 0 atom stereocenters. The molecule has 1 fully saturated rings. The molecule has 2 heterocycles. The second-order valence-electron chi connectivity index (χ2n) is 4.76. The largest absolute Gasteiger partial charge is 0.486 e. The van der Waals surface area contributed by atoms with E-state index in [4.69, 9.17) is 19.4 Å². The number of likely N-dealkylation sites (tertiary alicyclic amines) is 1. The monoisotopic (exact) mass is 283 g/mol. The maximum Gasteiger partial charge on any atom is 0.407 e. The first kappa shape index (κ1) is 14.4. The van der Waals surface area contributed by atoms with Gasteiger partial charge in [0.1, 0.15) is 18.6 Å². The van der Waals surface area contributed by atoms with E-state index in [1.807, 2.05) is 0 Å². The van der Waals surface area contributed by atoms with Crippen molar-refractivity contribution < 1.29 is 24.2 Å². The van der Waals surface area contributed by atoms with Crippen LogP contribution in [0.5, 0.6) is 5.75 Å². The number of hydrogen-bond donors (Lipinski definition) is 2. The van der Waals surface area contributed by atoms with Gasteiger partial charge in [0.25, 0.3) is 0 Å². The van der Waals surface area contributed by atoms with Gasteiger partial charge in [-0.3, -0.25) is 4.79 Å². The van der Waals surface area contributed by atoms with Crippen molar-refractivity contribution in [2.75, 3.05) is 19.7 Å². The summed E-state index contributed by atoms with van der Waals surface area (Å²) in [5, 5.41) is 17.7. The van der Waals surface area contributed by atoms with Crippen molar-refractivity contribution in [1.29, 1.82) is 0 Å². The minimum absolute atomic E-state index is 0.114. The Balaban J connectivity index is 1.84. The van der Waals surface area contributed by atoms with Crippen LogP contribution in [0.15, 0.2) is 21.5 Å². The number of nitrogens with zero attached hydrogens (tertiary/aromatic N) is 1. The van der Waals surface area contributed by atoms with Gasteiger partial charge in [-0.2, -0.15) is 0 Å². The molecule has 0 radical (unpaired) electrons. The molecule has 7 nitrogen and oxygen atoms in total. The van der Waals surface area contributed by atoms with E-state index in [2.05, 4.69) is 0 Å². The standard InChI is InChI=1S/C13H17NO6/c15-6-10-5-11(16)12(8-19-10)20-7-9-1-3-14(4-2-9)13(17)18/h5,8-9,15H,1-4,6-7H2,(H,17,18). The van der Waals surface area contributed by atoms with Crippen molar-refractivity contribution in [3.8, 4) is 5.75 Å². The van der Waals surface area contributed by atoms with Crippen LogP contribution in [0, 0.1) is 5.92 Å². The molecule has 7 heteroatoms. The Labute approximate surface area is 115 Å². The van der Waals surface area contributed by atoms with E-state index in [-0.39, 0.29) is 29.5 Å². The first-order valence-corrected chi connectivity index (χ1v) is 6.43. The highest BCUT2D eigenvalue weighted by Crippen LogP contribution is 2.18. The lowest BCUT2D eigenvalue weighted by Crippen LogP contribution is -2.38. The molecule has 1 aliphatic rings. The van der Waals surface area contributed by atoms with E-state index in [9.17, 15) is 9.59 Å². The molecule has 2 N–H and O–H groups in total. The Morgan fingerprint density at radius 3 is 2.70 bits per heavy atom. The van der Waals surface area contributed by atoms with E-state index in [1.54, 1.807) is 0 Å². The molecule has 1 amide bonds. The molecule has 20 heavy (non-hydrogen) atoms. The average molecular weight is 283 g/mol. The van der Waals surface area contributed by atoms with Gasteiger partial charge in [-0.1, -0.05) is 0 Å². The van der Waals surface area contributed by atoms with E-state index < -0.39 is 6.09 Å². The van der Waals surface area contributed by atoms with Gasteiger partial charge < -0.3 is 24.3 Å². The Hall–Kier alpha value is -2.02. The predicted octanol–water partition coefficient (Wildman–Crippen LogP) is 0.901. The highest BCUT2D eigenvalue weighted by molar-refractivity contribution is 5.64. The molecule has 1 aromatic rings. The van der Waals surface area contributed by atoms with Crippen molar-refractivity contribution in [1.82, 2.24) is 4.90 Å². The third-order valence-electron chi connectivity index (χ3n) is 3.37. The lowest BCUT2D eigenvalue weighted by Gasteiger charge is -2.29. The third-order valence-corrected chi connectivity index (χ3v) is 3.37. The van der Waals surface area contributed by atoms with Crippen LogP contribution in [0.1, 0.15) is 18.6 Å². The first-order valence-electron chi connectivity index (χ1n) is 6.43. The van der Waals surface area contributed by atoms with Crippen LogP contribution in [0.2, 0.25) is 0 Å². The number of ether oxygens (including phenoxy) is 1. The summed E-state index contributed by atoms with van der Waals surface area (Å²) in [7, 11) is 0. The van der Waals surface area contributed by atoms with Crippen LogP contribution >= 0.6 is 0 Å². The summed E-state index contributed by atoms with van der Waals surface area (Å²) in [4.78, 5) is 23.8. The zero-order chi connectivity index (χ0) is 14.5. The van der Waals surface area contributed by atoms with Gasteiger partial charge in [-0.25, -0.2) is 4.79 Å². The number of amides is 1. The van der Waals surface area contributed by atoms with Gasteiger partial charge >= 0.3 is 6.09 Å². The quantitative estimate of drug-likeness (QED) is 0.851. The maximum absolute atomic E-state index is 11.6. The molecule has 2 rings (SSSR count). The Bertz CT molecular complexity index is 518. The molecular weight excluding hydrogens is 266 g/mol. The van der Waals surface area contributed by atoms with Crippen LogP contribution in [0.3, 0.4) is 0 Å². The maximum atomic E-state index is 11.6. The van der Waals surface area contributed by atoms with Crippen molar-refractivity contribution >= 4 is 6.09 Å². The van der Waals surface area contributed by atoms with Crippen molar-refractivity contribution in [3.63, 3.8) is 0 Å². The summed E-state index contributed by atoms with van der Waals surface area (Å²) in [6.45, 7) is 1.00. The minimum atomic E-state index is -0.899. The fourth-order valence-electron chi connectivity index (χ4n) is 2.13. The second-order valence-corrected chi connectivity index (χ2v) is 4.76. The molecule has 1 saturated heterocycles. The molecule has 110 valence electrons. The van der Waals surface area contributed by atoms with Gasteiger partial charge in [0, 0.05) is 19.2 Å². The number of carboxylic acid groups (broad SMARTS) is 1. The number of rotatable bonds is 4. The van der Waals surface area contributed by atoms with Gasteiger partial charge in [0.15, 0.2) is 0 Å². The summed E-state index contributed by atoms with van der Waals surface area (Å²) in [6, 6.07) is 1.20. The van der Waals surface area contributed by atoms with Crippen molar-refractivity contribution in [2.24, 2.45) is 5.92 Å². The summed E-state index contributed by atoms with van der Waals surface area (Å²) in [5.41, 5.74) is -0.330. The van der Waals surface area contributed by atoms with Crippen LogP contribution < -0.4 is 10.2 Å². The normalized spacial score (nSPS) is 16.1. The summed E-state index contributed by atoms with van der Waals surface area (Å²) >= 11 is 0. The average Bonchev–Trinajstić information content (AvgIpc) is 2.46. The van der Waals surface area contributed by atoms with Crippen molar-refractivity contribution in [2.45, 2.75) is 19.4 Å². The van der Waals surface area contributed by atoms with E-state index >= 15 is 0 Å². The second kappa shape index (κ2) is 6.42. The third kappa shape index (κ3) is 3.51. The highest BCUT2D eigenvalue weighted by Gasteiger charge is 2.22. The fourth-order valence-corrected chi connectivity index (χ4v) is 2.13. The number of hydrogen-bond acceptors (Lipinski definition) is 5. The summed E-state index contributed by atoms with van der Waals surface area (Å²) in [5.74, 6) is 0.530. The molecule has 0 bridgehead atoms. The first-order chi connectivity index (χ1) is 9.60. The number of aliphatic hydroxyl groups is 1. The fraction of sp³-hybridized carbons (Fsp3) is 0.538.